The van der Waals surface area contributed by atoms with Gasteiger partial charge in [-0.05, 0) is 47.9 Å². The molecule has 1 aromatic heterocycles. The summed E-state index contributed by atoms with van der Waals surface area (Å²) in [5, 5.41) is 42.3. The van der Waals surface area contributed by atoms with Gasteiger partial charge in [-0.15, -0.1) is 5.10 Å². The molecule has 2 aliphatic heterocycles. The Morgan fingerprint density at radius 1 is 1.00 bits per heavy atom. The molecule has 0 radical (unpaired) electrons. The summed E-state index contributed by atoms with van der Waals surface area (Å²) >= 11 is 0. The molecule has 0 fully saturated rings. The Morgan fingerprint density at radius 3 is 2.50 bits per heavy atom. The number of fused-ring (bicyclic) bond motifs is 2. The number of benzene rings is 4. The van der Waals surface area contributed by atoms with Gasteiger partial charge in [0, 0.05) is 42.0 Å². The lowest BCUT2D eigenvalue weighted by Gasteiger charge is -2.29. The maximum absolute atomic E-state index is 14.1. The number of non-ortho nitro benzene ring substituents is 1. The van der Waals surface area contributed by atoms with Gasteiger partial charge in [0.25, 0.3) is 17.5 Å². The van der Waals surface area contributed by atoms with Crippen LogP contribution >= 0.6 is 0 Å². The number of aliphatic hydroxyl groups excluding tert-OH is 1. The molecule has 13 nitrogen and oxygen atoms in total. The van der Waals surface area contributed by atoms with Gasteiger partial charge in [-0.3, -0.25) is 29.3 Å². The van der Waals surface area contributed by atoms with Crippen LogP contribution in [0, 0.1) is 16.0 Å². The molecule has 4 aromatic carbocycles. The fraction of sp³-hybridized carbons (Fsp3) is 0.231. The zero-order valence-electron chi connectivity index (χ0n) is 28.3. The molecule has 264 valence electrons. The number of carbonyl (C=O) groups is 2. The van der Waals surface area contributed by atoms with Crippen molar-refractivity contribution >= 4 is 34.6 Å². The van der Waals surface area contributed by atoms with Gasteiger partial charge >= 0.3 is 0 Å². The van der Waals surface area contributed by atoms with Crippen LogP contribution in [0.1, 0.15) is 41.6 Å². The first-order valence-electron chi connectivity index (χ1n) is 16.9. The first kappa shape index (κ1) is 34.3. The van der Waals surface area contributed by atoms with E-state index in [0.29, 0.717) is 41.5 Å². The number of allylic oxidation sites excluding steroid dienone is 1. The molecule has 3 atom stereocenters. The van der Waals surface area contributed by atoms with Gasteiger partial charge in [0.2, 0.25) is 0 Å². The maximum atomic E-state index is 14.1. The predicted molar refractivity (Wildman–Crippen MR) is 192 cm³/mol. The number of carbonyl (C=O) groups excluding carboxylic acids is 2. The van der Waals surface area contributed by atoms with E-state index in [4.69, 9.17) is 4.74 Å². The quantitative estimate of drug-likeness (QED) is 0.0988. The van der Waals surface area contributed by atoms with Gasteiger partial charge in [0.1, 0.15) is 5.75 Å². The van der Waals surface area contributed by atoms with E-state index in [1.54, 1.807) is 65.2 Å². The molecule has 0 saturated heterocycles. The third-order valence-electron chi connectivity index (χ3n) is 9.61. The average Bonchev–Trinajstić information content (AvgIpc) is 3.71. The molecule has 0 aliphatic carbocycles. The first-order chi connectivity index (χ1) is 25.2. The minimum atomic E-state index is -2.06. The van der Waals surface area contributed by atoms with E-state index in [1.165, 1.54) is 23.1 Å². The van der Waals surface area contributed by atoms with E-state index < -0.39 is 22.3 Å². The number of nitrogens with zero attached hydrogens (tertiary/aromatic N) is 6. The predicted octanol–water partition coefficient (Wildman–Crippen LogP) is 5.38. The molecule has 0 saturated carbocycles. The van der Waals surface area contributed by atoms with Gasteiger partial charge in [0.15, 0.2) is 12.2 Å². The van der Waals surface area contributed by atoms with Crippen LogP contribution in [-0.4, -0.2) is 55.2 Å². The number of rotatable bonds is 12. The number of para-hydroxylation sites is 2. The summed E-state index contributed by atoms with van der Waals surface area (Å²) in [6.07, 6.45) is 5.85. The molecule has 5 aromatic rings. The maximum Gasteiger partial charge on any atom is 0.269 e. The molecule has 2 amide bonds. The van der Waals surface area contributed by atoms with E-state index in [0.717, 1.165) is 11.1 Å². The van der Waals surface area contributed by atoms with E-state index in [1.807, 2.05) is 48.5 Å². The summed E-state index contributed by atoms with van der Waals surface area (Å²) in [6, 6.07) is 28.1. The number of anilines is 3. The van der Waals surface area contributed by atoms with E-state index >= 15 is 0 Å². The summed E-state index contributed by atoms with van der Waals surface area (Å²) in [5.41, 5.74) is 1.81. The highest BCUT2D eigenvalue weighted by Gasteiger charge is 2.53. The zero-order chi connectivity index (χ0) is 36.4. The molecule has 2 N–H and O–H groups in total. The van der Waals surface area contributed by atoms with Crippen LogP contribution in [0.4, 0.5) is 22.7 Å². The molecule has 2 aliphatic rings. The lowest BCUT2D eigenvalue weighted by Crippen LogP contribution is -2.44. The van der Waals surface area contributed by atoms with Crippen molar-refractivity contribution in [2.24, 2.45) is 5.92 Å². The fourth-order valence-electron chi connectivity index (χ4n) is 6.81. The standard InChI is InChI=1S/C39H36N6O7/c1-26(9-7-8-20-42-23-33(40-41-42)31(24-46)28-10-3-2-4-11-28)39(49)32-21-30(45(50)51)18-19-34(32)43(38(39)48)22-27-14-16-29(17-15-27)44-35-12-5-6-13-36(35)52-25-37(44)47/h2-7,9-19,21,23,26,31,46,49H,8,20,22,24-25H2,1H3/b9-7+/t26-,31?,39+/m0/s1. The highest BCUT2D eigenvalue weighted by Crippen LogP contribution is 2.47. The van der Waals surface area contributed by atoms with Gasteiger partial charge in [-0.1, -0.05) is 78.9 Å². The Balaban J connectivity index is 1.08. The van der Waals surface area contributed by atoms with Crippen molar-refractivity contribution in [2.75, 3.05) is 23.0 Å². The second kappa shape index (κ2) is 14.2. The number of nitro benzene ring substituents is 1. The zero-order valence-corrected chi connectivity index (χ0v) is 28.3. The van der Waals surface area contributed by atoms with Crippen LogP contribution in [0.3, 0.4) is 0 Å². The van der Waals surface area contributed by atoms with Crippen molar-refractivity contribution in [3.63, 3.8) is 0 Å². The molecule has 7 rings (SSSR count). The van der Waals surface area contributed by atoms with Crippen molar-refractivity contribution in [1.29, 1.82) is 0 Å². The number of aryl methyl sites for hydroxylation is 1. The lowest BCUT2D eigenvalue weighted by molar-refractivity contribution is -0.385. The highest BCUT2D eigenvalue weighted by atomic mass is 16.6. The van der Waals surface area contributed by atoms with Crippen LogP contribution in [0.5, 0.6) is 5.75 Å². The Kier molecular flexibility index (Phi) is 9.37. The second-order valence-electron chi connectivity index (χ2n) is 12.8. The van der Waals surface area contributed by atoms with E-state index in [-0.39, 0.29) is 42.8 Å². The van der Waals surface area contributed by atoms with Gasteiger partial charge in [-0.25, -0.2) is 0 Å². The van der Waals surface area contributed by atoms with E-state index in [9.17, 15) is 29.9 Å². The number of hydrogen-bond donors (Lipinski definition) is 2. The summed E-state index contributed by atoms with van der Waals surface area (Å²) in [6.45, 7) is 2.05. The fourth-order valence-corrected chi connectivity index (χ4v) is 6.81. The number of hydrogen-bond acceptors (Lipinski definition) is 9. The lowest BCUT2D eigenvalue weighted by atomic mass is 9.82. The minimum absolute atomic E-state index is 0.0861. The SMILES string of the molecule is C[C@@H](/C=C/CCn1cc(C(CO)c2ccccc2)nn1)[C@]1(O)C(=O)N(Cc2ccc(N3C(=O)COc4ccccc43)cc2)c2ccc([N+](=O)[O-])cc21. The number of aromatic nitrogens is 3. The third kappa shape index (κ3) is 6.31. The number of ether oxygens (including phenoxy) is 1. The summed E-state index contributed by atoms with van der Waals surface area (Å²) < 4.78 is 7.24. The second-order valence-corrected chi connectivity index (χ2v) is 12.8. The number of amides is 2. The Morgan fingerprint density at radius 2 is 1.75 bits per heavy atom. The van der Waals surface area contributed by atoms with Crippen LogP contribution in [0.15, 0.2) is 115 Å². The van der Waals surface area contributed by atoms with Crippen molar-refractivity contribution in [1.82, 2.24) is 15.0 Å². The largest absolute Gasteiger partial charge is 0.482 e. The van der Waals surface area contributed by atoms with Crippen LogP contribution in [0.2, 0.25) is 0 Å². The Hall–Kier alpha value is -6.18. The van der Waals surface area contributed by atoms with Gasteiger partial charge < -0.3 is 19.8 Å². The van der Waals surface area contributed by atoms with Crippen molar-refractivity contribution in [3.8, 4) is 5.75 Å². The van der Waals surface area contributed by atoms with Crippen molar-refractivity contribution in [2.45, 2.75) is 38.0 Å². The summed E-state index contributed by atoms with van der Waals surface area (Å²) in [4.78, 5) is 41.2. The van der Waals surface area contributed by atoms with Crippen LogP contribution in [-0.2, 0) is 28.3 Å². The van der Waals surface area contributed by atoms with Crippen LogP contribution in [0.25, 0.3) is 0 Å². The number of aliphatic hydroxyl groups is 2. The molecule has 0 spiro atoms. The smallest absolute Gasteiger partial charge is 0.269 e. The third-order valence-corrected chi connectivity index (χ3v) is 9.61. The summed E-state index contributed by atoms with van der Waals surface area (Å²) in [5.74, 6) is -1.26. The molecular formula is C39H36N6O7. The Labute approximate surface area is 299 Å². The van der Waals surface area contributed by atoms with Gasteiger partial charge in [0.05, 0.1) is 41.1 Å². The van der Waals surface area contributed by atoms with Gasteiger partial charge in [-0.2, -0.15) is 0 Å². The molecule has 1 unspecified atom stereocenters. The summed E-state index contributed by atoms with van der Waals surface area (Å²) in [7, 11) is 0. The molecule has 52 heavy (non-hydrogen) atoms. The van der Waals surface area contributed by atoms with Crippen molar-refractivity contribution in [3.05, 3.63) is 148 Å². The van der Waals surface area contributed by atoms with Crippen molar-refractivity contribution < 1.29 is 29.5 Å². The number of nitro groups is 1. The minimum Gasteiger partial charge on any atom is -0.482 e. The molecular weight excluding hydrogens is 664 g/mol. The van der Waals surface area contributed by atoms with Crippen LogP contribution < -0.4 is 14.5 Å². The molecule has 3 heterocycles. The monoisotopic (exact) mass is 700 g/mol. The first-order valence-corrected chi connectivity index (χ1v) is 16.9. The molecule has 0 bridgehead atoms. The highest BCUT2D eigenvalue weighted by molar-refractivity contribution is 6.07. The normalized spacial score (nSPS) is 17.9. The topological polar surface area (TPSA) is 164 Å². The molecule has 13 heteroatoms. The Bertz CT molecular complexity index is 2150. The average molecular weight is 701 g/mol. The van der Waals surface area contributed by atoms with E-state index in [2.05, 4.69) is 10.3 Å².